The Bertz CT molecular complexity index is 137. The van der Waals surface area contributed by atoms with Crippen molar-refractivity contribution in [1.29, 1.82) is 0 Å². The van der Waals surface area contributed by atoms with Crippen molar-refractivity contribution >= 4 is 0 Å². The predicted octanol–water partition coefficient (Wildman–Crippen LogP) is 1.15. The lowest BCUT2D eigenvalue weighted by Gasteiger charge is -2.22. The van der Waals surface area contributed by atoms with Gasteiger partial charge in [0.1, 0.15) is 0 Å². The Hall–Kier alpha value is -0.340. The highest BCUT2D eigenvalue weighted by Gasteiger charge is 2.11. The Balaban J connectivity index is 2.01. The number of nitrogens with one attached hydrogen (secondary N) is 2. The Morgan fingerprint density at radius 1 is 1.50 bits per heavy atom. The van der Waals surface area contributed by atoms with Gasteiger partial charge < -0.3 is 10.6 Å². The zero-order chi connectivity index (χ0) is 8.81. The highest BCUT2D eigenvalue weighted by molar-refractivity contribution is 4.90. The number of hydrogen-bond donors (Lipinski definition) is 2. The maximum atomic E-state index is 3.86. The van der Waals surface area contributed by atoms with Crippen LogP contribution in [0.15, 0.2) is 12.2 Å². The van der Waals surface area contributed by atoms with Gasteiger partial charge in [0.05, 0.1) is 0 Å². The molecule has 0 aliphatic carbocycles. The molecule has 0 bridgehead atoms. The maximum absolute atomic E-state index is 3.86. The summed E-state index contributed by atoms with van der Waals surface area (Å²) < 4.78 is 0. The molecule has 0 spiro atoms. The molecule has 0 unspecified atom stereocenters. The summed E-state index contributed by atoms with van der Waals surface area (Å²) in [5.41, 5.74) is 1.23. The van der Waals surface area contributed by atoms with Gasteiger partial charge in [0.2, 0.25) is 0 Å². The molecule has 1 rings (SSSR count). The molecule has 1 aliphatic heterocycles. The van der Waals surface area contributed by atoms with Crippen LogP contribution in [0.2, 0.25) is 0 Å². The van der Waals surface area contributed by atoms with E-state index in [9.17, 15) is 0 Å². The van der Waals surface area contributed by atoms with Crippen LogP contribution >= 0.6 is 0 Å². The average molecular weight is 168 g/mol. The second-order valence-corrected chi connectivity index (χ2v) is 3.78. The van der Waals surface area contributed by atoms with Crippen molar-refractivity contribution < 1.29 is 0 Å². The molecule has 0 aromatic rings. The topological polar surface area (TPSA) is 24.1 Å². The summed E-state index contributed by atoms with van der Waals surface area (Å²) in [6.07, 6.45) is 2.65. The molecule has 1 fully saturated rings. The van der Waals surface area contributed by atoms with E-state index in [4.69, 9.17) is 0 Å². The maximum Gasteiger partial charge on any atom is 0.0159 e. The van der Waals surface area contributed by atoms with Crippen LogP contribution in [0.25, 0.3) is 0 Å². The monoisotopic (exact) mass is 168 g/mol. The second kappa shape index (κ2) is 5.33. The summed E-state index contributed by atoms with van der Waals surface area (Å²) in [6, 6.07) is 0. The minimum absolute atomic E-state index is 0.880. The molecular formula is C10H20N2. The highest BCUT2D eigenvalue weighted by atomic mass is 14.9. The van der Waals surface area contributed by atoms with Crippen LogP contribution in [0.4, 0.5) is 0 Å². The van der Waals surface area contributed by atoms with Crippen molar-refractivity contribution in [2.75, 3.05) is 26.2 Å². The van der Waals surface area contributed by atoms with Crippen LogP contribution in [0.5, 0.6) is 0 Å². The summed E-state index contributed by atoms with van der Waals surface area (Å²) in [6.45, 7) is 10.5. The molecule has 1 aliphatic rings. The summed E-state index contributed by atoms with van der Waals surface area (Å²) in [4.78, 5) is 0. The molecule has 0 radical (unpaired) electrons. The normalized spacial score (nSPS) is 19.4. The molecule has 1 saturated heterocycles. The smallest absolute Gasteiger partial charge is 0.0159 e. The fourth-order valence-electron chi connectivity index (χ4n) is 1.58. The first-order valence-corrected chi connectivity index (χ1v) is 4.85. The molecule has 1 heterocycles. The van der Waals surface area contributed by atoms with Gasteiger partial charge in [-0.15, -0.1) is 0 Å². The third-order valence-electron chi connectivity index (χ3n) is 2.32. The molecule has 0 aromatic carbocycles. The number of hydrogen-bond acceptors (Lipinski definition) is 2. The van der Waals surface area contributed by atoms with Crippen LogP contribution in [-0.4, -0.2) is 26.2 Å². The minimum atomic E-state index is 0.880. The van der Waals surface area contributed by atoms with Gasteiger partial charge in [0, 0.05) is 6.54 Å². The lowest BCUT2D eigenvalue weighted by atomic mass is 9.98. The molecule has 2 N–H and O–H groups in total. The van der Waals surface area contributed by atoms with Crippen molar-refractivity contribution in [1.82, 2.24) is 10.6 Å². The molecular weight excluding hydrogens is 148 g/mol. The second-order valence-electron chi connectivity index (χ2n) is 3.78. The van der Waals surface area contributed by atoms with Crippen molar-refractivity contribution in [2.45, 2.75) is 19.8 Å². The lowest BCUT2D eigenvalue weighted by Crippen LogP contribution is -2.34. The third-order valence-corrected chi connectivity index (χ3v) is 2.32. The van der Waals surface area contributed by atoms with Gasteiger partial charge in [-0.05, 0) is 45.3 Å². The predicted molar refractivity (Wildman–Crippen MR) is 53.3 cm³/mol. The molecule has 0 aromatic heterocycles. The molecule has 12 heavy (non-hydrogen) atoms. The molecule has 0 saturated carbocycles. The zero-order valence-electron chi connectivity index (χ0n) is 8.03. The number of piperidine rings is 1. The molecule has 70 valence electrons. The summed E-state index contributed by atoms with van der Waals surface area (Å²) in [7, 11) is 0. The fraction of sp³-hybridized carbons (Fsp3) is 0.800. The summed E-state index contributed by atoms with van der Waals surface area (Å²) in [5, 5.41) is 6.80. The molecule has 0 atom stereocenters. The van der Waals surface area contributed by atoms with Crippen LogP contribution in [0, 0.1) is 5.92 Å². The van der Waals surface area contributed by atoms with Crippen molar-refractivity contribution in [3.63, 3.8) is 0 Å². The van der Waals surface area contributed by atoms with E-state index in [-0.39, 0.29) is 0 Å². The largest absolute Gasteiger partial charge is 0.317 e. The molecule has 2 nitrogen and oxygen atoms in total. The minimum Gasteiger partial charge on any atom is -0.317 e. The van der Waals surface area contributed by atoms with Gasteiger partial charge in [-0.2, -0.15) is 0 Å². The van der Waals surface area contributed by atoms with Crippen LogP contribution < -0.4 is 10.6 Å². The SMILES string of the molecule is C=C(C)CNCC1CCNCC1. The van der Waals surface area contributed by atoms with Crippen molar-refractivity contribution in [3.8, 4) is 0 Å². The van der Waals surface area contributed by atoms with Crippen molar-refractivity contribution in [2.24, 2.45) is 5.92 Å². The van der Waals surface area contributed by atoms with Gasteiger partial charge in [-0.3, -0.25) is 0 Å². The van der Waals surface area contributed by atoms with Gasteiger partial charge in [-0.1, -0.05) is 12.2 Å². The summed E-state index contributed by atoms with van der Waals surface area (Å²) >= 11 is 0. The van der Waals surface area contributed by atoms with E-state index in [0.29, 0.717) is 0 Å². The van der Waals surface area contributed by atoms with Crippen LogP contribution in [0.1, 0.15) is 19.8 Å². The first-order valence-electron chi connectivity index (χ1n) is 4.85. The quantitative estimate of drug-likeness (QED) is 0.615. The Labute approximate surface area is 75.4 Å². The van der Waals surface area contributed by atoms with E-state index >= 15 is 0 Å². The van der Waals surface area contributed by atoms with E-state index in [2.05, 4.69) is 24.1 Å². The van der Waals surface area contributed by atoms with E-state index in [0.717, 1.165) is 19.0 Å². The van der Waals surface area contributed by atoms with E-state index in [1.165, 1.54) is 31.5 Å². The third kappa shape index (κ3) is 3.88. The van der Waals surface area contributed by atoms with E-state index in [1.807, 2.05) is 0 Å². The first kappa shape index (κ1) is 9.75. The number of rotatable bonds is 4. The summed E-state index contributed by atoms with van der Waals surface area (Å²) in [5.74, 6) is 0.880. The van der Waals surface area contributed by atoms with Gasteiger partial charge in [-0.25, -0.2) is 0 Å². The van der Waals surface area contributed by atoms with Gasteiger partial charge in [0.25, 0.3) is 0 Å². The fourth-order valence-corrected chi connectivity index (χ4v) is 1.58. The van der Waals surface area contributed by atoms with Gasteiger partial charge >= 0.3 is 0 Å². The Morgan fingerprint density at radius 2 is 2.17 bits per heavy atom. The van der Waals surface area contributed by atoms with Crippen molar-refractivity contribution in [3.05, 3.63) is 12.2 Å². The lowest BCUT2D eigenvalue weighted by molar-refractivity contribution is 0.361. The van der Waals surface area contributed by atoms with Crippen LogP contribution in [-0.2, 0) is 0 Å². The van der Waals surface area contributed by atoms with Gasteiger partial charge in [0.15, 0.2) is 0 Å². The molecule has 0 amide bonds. The average Bonchev–Trinajstić information content (AvgIpc) is 2.05. The van der Waals surface area contributed by atoms with E-state index in [1.54, 1.807) is 0 Å². The zero-order valence-corrected chi connectivity index (χ0v) is 8.03. The highest BCUT2D eigenvalue weighted by Crippen LogP contribution is 2.09. The first-order chi connectivity index (χ1) is 5.79. The standard InChI is InChI=1S/C10H20N2/c1-9(2)7-12-8-10-3-5-11-6-4-10/h10-12H,1,3-8H2,2H3. The Kier molecular flexibility index (Phi) is 4.33. The van der Waals surface area contributed by atoms with E-state index < -0.39 is 0 Å². The molecule has 2 heteroatoms. The van der Waals surface area contributed by atoms with Crippen LogP contribution in [0.3, 0.4) is 0 Å². The Morgan fingerprint density at radius 3 is 2.75 bits per heavy atom.